The summed E-state index contributed by atoms with van der Waals surface area (Å²) >= 11 is 0. The van der Waals surface area contributed by atoms with E-state index in [1.54, 1.807) is 0 Å². The quantitative estimate of drug-likeness (QED) is 0.741. The van der Waals surface area contributed by atoms with Crippen LogP contribution in [-0.4, -0.2) is 22.9 Å². The van der Waals surface area contributed by atoms with Gasteiger partial charge in [0, 0.05) is 6.54 Å². The minimum Gasteiger partial charge on any atom is -0.332 e. The monoisotopic (exact) mass is 253 g/mol. The SMILES string of the molecule is C=CCC12CCCN1C(=O)Cc1ccccc1C2=C. The molecule has 0 bridgehead atoms. The molecule has 0 N–H and O–H groups in total. The minimum absolute atomic E-state index is 0.227. The average Bonchev–Trinajstić information content (AvgIpc) is 2.81. The molecule has 2 aliphatic rings. The summed E-state index contributed by atoms with van der Waals surface area (Å²) < 4.78 is 0. The lowest BCUT2D eigenvalue weighted by atomic mass is 9.80. The van der Waals surface area contributed by atoms with Crippen LogP contribution in [0, 0.1) is 0 Å². The summed E-state index contributed by atoms with van der Waals surface area (Å²) in [4.78, 5) is 14.6. The van der Waals surface area contributed by atoms with Crippen molar-refractivity contribution in [2.24, 2.45) is 0 Å². The summed E-state index contributed by atoms with van der Waals surface area (Å²) in [5, 5.41) is 0. The number of benzene rings is 1. The average molecular weight is 253 g/mol. The molecule has 1 saturated heterocycles. The largest absolute Gasteiger partial charge is 0.332 e. The van der Waals surface area contributed by atoms with Gasteiger partial charge in [0.05, 0.1) is 12.0 Å². The molecule has 2 nitrogen and oxygen atoms in total. The molecule has 0 aromatic heterocycles. The Labute approximate surface area is 114 Å². The first-order valence-electron chi connectivity index (χ1n) is 6.88. The van der Waals surface area contributed by atoms with Crippen LogP contribution in [0.3, 0.4) is 0 Å². The molecule has 3 rings (SSSR count). The molecule has 0 saturated carbocycles. The zero-order valence-electron chi connectivity index (χ0n) is 11.2. The van der Waals surface area contributed by atoms with Crippen LogP contribution in [0.25, 0.3) is 5.57 Å². The number of fused-ring (bicyclic) bond motifs is 2. The van der Waals surface area contributed by atoms with Crippen molar-refractivity contribution < 1.29 is 4.79 Å². The van der Waals surface area contributed by atoms with Crippen molar-refractivity contribution in [2.45, 2.75) is 31.2 Å². The highest BCUT2D eigenvalue weighted by Gasteiger charge is 2.46. The van der Waals surface area contributed by atoms with E-state index >= 15 is 0 Å². The van der Waals surface area contributed by atoms with Crippen molar-refractivity contribution in [2.75, 3.05) is 6.54 Å². The predicted molar refractivity (Wildman–Crippen MR) is 77.7 cm³/mol. The highest BCUT2D eigenvalue weighted by Crippen LogP contribution is 2.45. The molecular formula is C17H19NO. The number of carbonyl (C=O) groups is 1. The van der Waals surface area contributed by atoms with E-state index in [0.29, 0.717) is 6.42 Å². The Morgan fingerprint density at radius 3 is 2.95 bits per heavy atom. The van der Waals surface area contributed by atoms with Crippen molar-refractivity contribution in [1.29, 1.82) is 0 Å². The van der Waals surface area contributed by atoms with Gasteiger partial charge in [0.1, 0.15) is 0 Å². The third-order valence-electron chi connectivity index (χ3n) is 4.52. The molecule has 0 spiro atoms. The Morgan fingerprint density at radius 1 is 1.37 bits per heavy atom. The van der Waals surface area contributed by atoms with Gasteiger partial charge in [0.25, 0.3) is 0 Å². The highest BCUT2D eigenvalue weighted by atomic mass is 16.2. The van der Waals surface area contributed by atoms with Gasteiger partial charge in [-0.2, -0.15) is 0 Å². The first kappa shape index (κ1) is 12.2. The lowest BCUT2D eigenvalue weighted by Gasteiger charge is -2.38. The maximum Gasteiger partial charge on any atom is 0.227 e. The van der Waals surface area contributed by atoms with E-state index in [1.165, 1.54) is 0 Å². The zero-order chi connectivity index (χ0) is 13.5. The normalized spacial score (nSPS) is 25.8. The smallest absolute Gasteiger partial charge is 0.227 e. The first-order chi connectivity index (χ1) is 9.19. The van der Waals surface area contributed by atoms with Crippen molar-refractivity contribution in [3.63, 3.8) is 0 Å². The summed E-state index contributed by atoms with van der Waals surface area (Å²) in [5.74, 6) is 0.227. The van der Waals surface area contributed by atoms with Gasteiger partial charge in [-0.3, -0.25) is 4.79 Å². The van der Waals surface area contributed by atoms with E-state index < -0.39 is 0 Å². The third-order valence-corrected chi connectivity index (χ3v) is 4.52. The molecule has 0 radical (unpaired) electrons. The minimum atomic E-state index is -0.231. The van der Waals surface area contributed by atoms with Gasteiger partial charge >= 0.3 is 0 Å². The number of amides is 1. The van der Waals surface area contributed by atoms with Crippen molar-refractivity contribution >= 4 is 11.5 Å². The lowest BCUT2D eigenvalue weighted by molar-refractivity contribution is -0.132. The van der Waals surface area contributed by atoms with Crippen molar-refractivity contribution in [3.05, 3.63) is 54.6 Å². The standard InChI is InChI=1S/C17H19NO/c1-3-9-17-10-6-11-18(17)16(19)12-14-7-4-5-8-15(14)13(17)2/h3-5,7-8H,1-2,6,9-12H2. The Balaban J connectivity index is 2.18. The number of rotatable bonds is 2. The Kier molecular flexibility index (Phi) is 2.81. The van der Waals surface area contributed by atoms with E-state index in [4.69, 9.17) is 0 Å². The van der Waals surface area contributed by atoms with Gasteiger partial charge in [-0.15, -0.1) is 6.58 Å². The van der Waals surface area contributed by atoms with Crippen molar-refractivity contribution in [3.8, 4) is 0 Å². The maximum absolute atomic E-state index is 12.5. The molecule has 1 amide bonds. The molecule has 1 fully saturated rings. The maximum atomic E-state index is 12.5. The summed E-state index contributed by atoms with van der Waals surface area (Å²) in [6, 6.07) is 8.16. The van der Waals surface area contributed by atoms with Crippen LogP contribution in [0.2, 0.25) is 0 Å². The molecule has 98 valence electrons. The fourth-order valence-corrected chi connectivity index (χ4v) is 3.61. The van der Waals surface area contributed by atoms with E-state index in [0.717, 1.165) is 42.5 Å². The topological polar surface area (TPSA) is 20.3 Å². The van der Waals surface area contributed by atoms with Crippen LogP contribution in [0.15, 0.2) is 43.5 Å². The van der Waals surface area contributed by atoms with Crippen LogP contribution in [0.5, 0.6) is 0 Å². The van der Waals surface area contributed by atoms with E-state index in [9.17, 15) is 4.79 Å². The fourth-order valence-electron chi connectivity index (χ4n) is 3.61. The van der Waals surface area contributed by atoms with E-state index in [1.807, 2.05) is 29.2 Å². The third kappa shape index (κ3) is 1.66. The summed E-state index contributed by atoms with van der Waals surface area (Å²) in [6.07, 6.45) is 5.27. The fraction of sp³-hybridized carbons (Fsp3) is 0.353. The second-order valence-corrected chi connectivity index (χ2v) is 5.49. The summed E-state index contributed by atoms with van der Waals surface area (Å²) in [5.41, 5.74) is 3.12. The number of carbonyl (C=O) groups excluding carboxylic acids is 1. The summed E-state index contributed by atoms with van der Waals surface area (Å²) in [7, 11) is 0. The summed E-state index contributed by atoms with van der Waals surface area (Å²) in [6.45, 7) is 9.07. The molecule has 1 atom stereocenters. The van der Waals surface area contributed by atoms with Crippen LogP contribution in [-0.2, 0) is 11.2 Å². The highest BCUT2D eigenvalue weighted by molar-refractivity contribution is 5.89. The number of hydrogen-bond acceptors (Lipinski definition) is 1. The van der Waals surface area contributed by atoms with Crippen LogP contribution in [0.1, 0.15) is 30.4 Å². The number of hydrogen-bond donors (Lipinski definition) is 0. The van der Waals surface area contributed by atoms with Gasteiger partial charge in [0.15, 0.2) is 0 Å². The first-order valence-corrected chi connectivity index (χ1v) is 6.88. The van der Waals surface area contributed by atoms with Gasteiger partial charge in [-0.1, -0.05) is 36.9 Å². The van der Waals surface area contributed by atoms with Gasteiger partial charge in [0.2, 0.25) is 5.91 Å². The molecule has 2 heteroatoms. The number of nitrogens with zero attached hydrogens (tertiary/aromatic N) is 1. The van der Waals surface area contributed by atoms with Gasteiger partial charge in [-0.25, -0.2) is 0 Å². The Hall–Kier alpha value is -1.83. The van der Waals surface area contributed by atoms with E-state index in [-0.39, 0.29) is 11.4 Å². The predicted octanol–water partition coefficient (Wildman–Crippen LogP) is 3.19. The van der Waals surface area contributed by atoms with Crippen LogP contribution in [0.4, 0.5) is 0 Å². The van der Waals surface area contributed by atoms with Crippen LogP contribution >= 0.6 is 0 Å². The zero-order valence-corrected chi connectivity index (χ0v) is 11.2. The van der Waals surface area contributed by atoms with Gasteiger partial charge < -0.3 is 4.90 Å². The molecule has 1 aromatic rings. The Morgan fingerprint density at radius 2 is 2.16 bits per heavy atom. The second kappa shape index (κ2) is 4.37. The lowest BCUT2D eigenvalue weighted by Crippen LogP contribution is -2.46. The second-order valence-electron chi connectivity index (χ2n) is 5.49. The molecule has 2 heterocycles. The van der Waals surface area contributed by atoms with Crippen molar-refractivity contribution in [1.82, 2.24) is 4.90 Å². The molecule has 1 aromatic carbocycles. The molecular weight excluding hydrogens is 234 g/mol. The molecule has 2 aliphatic heterocycles. The van der Waals surface area contributed by atoms with E-state index in [2.05, 4.69) is 19.2 Å². The Bertz CT molecular complexity index is 560. The molecule has 1 unspecified atom stereocenters. The molecule has 0 aliphatic carbocycles. The van der Waals surface area contributed by atoms with Crippen LogP contribution < -0.4 is 0 Å². The molecule has 19 heavy (non-hydrogen) atoms. The van der Waals surface area contributed by atoms with Gasteiger partial charge in [-0.05, 0) is 36.0 Å².